The van der Waals surface area contributed by atoms with Crippen molar-refractivity contribution in [2.24, 2.45) is 0 Å². The maximum absolute atomic E-state index is 13.7. The zero-order valence-corrected chi connectivity index (χ0v) is 16.6. The first-order chi connectivity index (χ1) is 13.2. The highest BCUT2D eigenvalue weighted by Crippen LogP contribution is 2.26. The fourth-order valence-electron chi connectivity index (χ4n) is 2.99. The number of hydrogen-bond donors (Lipinski definition) is 1. The van der Waals surface area contributed by atoms with Crippen molar-refractivity contribution in [3.63, 3.8) is 0 Å². The average Bonchev–Trinajstić information content (AvgIpc) is 3.08. The summed E-state index contributed by atoms with van der Waals surface area (Å²) in [6, 6.07) is 12.4. The van der Waals surface area contributed by atoms with Crippen molar-refractivity contribution < 1.29 is 9.18 Å². The van der Waals surface area contributed by atoms with Gasteiger partial charge in [-0.25, -0.2) is 9.37 Å². The SMILES string of the molecule is C[C@H](NC(=O)Cn1cnc2ccc(F)c(Cl)c21)c1ccc(C(C)(C)C#N)cc1. The van der Waals surface area contributed by atoms with Gasteiger partial charge in [0.15, 0.2) is 0 Å². The highest BCUT2D eigenvalue weighted by molar-refractivity contribution is 6.35. The summed E-state index contributed by atoms with van der Waals surface area (Å²) in [5.41, 5.74) is 2.20. The third kappa shape index (κ3) is 3.85. The van der Waals surface area contributed by atoms with Crippen molar-refractivity contribution in [2.75, 3.05) is 0 Å². The van der Waals surface area contributed by atoms with E-state index in [0.29, 0.717) is 11.0 Å². The quantitative estimate of drug-likeness (QED) is 0.687. The van der Waals surface area contributed by atoms with Gasteiger partial charge in [-0.15, -0.1) is 0 Å². The molecule has 0 radical (unpaired) electrons. The van der Waals surface area contributed by atoms with Crippen molar-refractivity contribution in [3.05, 3.63) is 64.7 Å². The van der Waals surface area contributed by atoms with E-state index in [2.05, 4.69) is 16.4 Å². The first kappa shape index (κ1) is 19.8. The number of benzene rings is 2. The Hall–Kier alpha value is -2.91. The van der Waals surface area contributed by atoms with Crippen LogP contribution in [0.2, 0.25) is 5.02 Å². The van der Waals surface area contributed by atoms with Gasteiger partial charge in [-0.2, -0.15) is 5.26 Å². The van der Waals surface area contributed by atoms with Crippen LogP contribution in [0.5, 0.6) is 0 Å². The Balaban J connectivity index is 1.72. The number of nitrogens with one attached hydrogen (secondary N) is 1. The predicted molar refractivity (Wildman–Crippen MR) is 106 cm³/mol. The fraction of sp³-hybridized carbons (Fsp3) is 0.286. The van der Waals surface area contributed by atoms with Crippen LogP contribution >= 0.6 is 11.6 Å². The van der Waals surface area contributed by atoms with Crippen LogP contribution in [-0.4, -0.2) is 15.5 Å². The van der Waals surface area contributed by atoms with E-state index in [0.717, 1.165) is 11.1 Å². The molecule has 1 amide bonds. The van der Waals surface area contributed by atoms with Crippen LogP contribution in [0.15, 0.2) is 42.7 Å². The second-order valence-corrected chi connectivity index (χ2v) is 7.63. The Morgan fingerprint density at radius 1 is 1.32 bits per heavy atom. The molecule has 0 aliphatic rings. The predicted octanol–water partition coefficient (Wildman–Crippen LogP) is 4.51. The lowest BCUT2D eigenvalue weighted by Crippen LogP contribution is -2.30. The average molecular weight is 399 g/mol. The van der Waals surface area contributed by atoms with E-state index < -0.39 is 11.2 Å². The molecule has 3 rings (SSSR count). The highest BCUT2D eigenvalue weighted by atomic mass is 35.5. The summed E-state index contributed by atoms with van der Waals surface area (Å²) in [4.78, 5) is 16.6. The molecule has 0 unspecified atom stereocenters. The number of fused-ring (bicyclic) bond motifs is 1. The second-order valence-electron chi connectivity index (χ2n) is 7.25. The van der Waals surface area contributed by atoms with E-state index in [1.54, 1.807) is 0 Å². The highest BCUT2D eigenvalue weighted by Gasteiger charge is 2.20. The Morgan fingerprint density at radius 3 is 2.64 bits per heavy atom. The normalized spacial score (nSPS) is 12.6. The Bertz CT molecular complexity index is 1070. The number of rotatable bonds is 5. The minimum absolute atomic E-state index is 0.0242. The first-order valence-electron chi connectivity index (χ1n) is 8.83. The zero-order valence-electron chi connectivity index (χ0n) is 15.8. The maximum atomic E-state index is 13.7. The molecule has 1 aromatic heterocycles. The van der Waals surface area contributed by atoms with E-state index in [1.807, 2.05) is 45.0 Å². The van der Waals surface area contributed by atoms with Crippen molar-refractivity contribution in [3.8, 4) is 6.07 Å². The van der Waals surface area contributed by atoms with Crippen molar-refractivity contribution in [1.29, 1.82) is 5.26 Å². The molecule has 2 aromatic carbocycles. The molecule has 1 atom stereocenters. The number of carbonyl (C=O) groups is 1. The van der Waals surface area contributed by atoms with Gasteiger partial charge >= 0.3 is 0 Å². The molecule has 0 aliphatic carbocycles. The van der Waals surface area contributed by atoms with Crippen molar-refractivity contribution in [2.45, 2.75) is 38.8 Å². The molecule has 0 aliphatic heterocycles. The van der Waals surface area contributed by atoms with E-state index in [-0.39, 0.29) is 23.5 Å². The van der Waals surface area contributed by atoms with Gasteiger partial charge in [0, 0.05) is 0 Å². The van der Waals surface area contributed by atoms with Crippen LogP contribution in [0.1, 0.15) is 37.9 Å². The van der Waals surface area contributed by atoms with Gasteiger partial charge in [0.2, 0.25) is 5.91 Å². The molecule has 3 aromatic rings. The van der Waals surface area contributed by atoms with E-state index in [1.165, 1.54) is 23.0 Å². The van der Waals surface area contributed by atoms with E-state index in [9.17, 15) is 14.4 Å². The third-order valence-corrected chi connectivity index (χ3v) is 5.13. The summed E-state index contributed by atoms with van der Waals surface area (Å²) in [5.74, 6) is -0.793. The molecule has 0 saturated heterocycles. The lowest BCUT2D eigenvalue weighted by Gasteiger charge is -2.19. The molecule has 1 heterocycles. The van der Waals surface area contributed by atoms with Gasteiger partial charge in [0.05, 0.1) is 34.9 Å². The molecule has 0 bridgehead atoms. The number of nitrogens with zero attached hydrogens (tertiary/aromatic N) is 3. The third-order valence-electron chi connectivity index (χ3n) is 4.77. The van der Waals surface area contributed by atoms with Crippen LogP contribution in [0, 0.1) is 17.1 Å². The standard InChI is InChI=1S/C21H20ClFN4O/c1-13(14-4-6-15(7-5-14)21(2,3)11-24)26-18(28)10-27-12-25-17-9-8-16(23)19(22)20(17)27/h4-9,12-13H,10H2,1-3H3,(H,26,28)/t13-/m0/s1. The number of amides is 1. The Kier molecular flexibility index (Phi) is 5.39. The minimum Gasteiger partial charge on any atom is -0.348 e. The summed E-state index contributed by atoms with van der Waals surface area (Å²) < 4.78 is 15.3. The molecule has 7 heteroatoms. The molecular formula is C21H20ClFN4O. The number of hydrogen-bond acceptors (Lipinski definition) is 3. The minimum atomic E-state index is -0.567. The van der Waals surface area contributed by atoms with Gasteiger partial charge in [0.25, 0.3) is 0 Å². The van der Waals surface area contributed by atoms with E-state index >= 15 is 0 Å². The second kappa shape index (κ2) is 7.61. The van der Waals surface area contributed by atoms with Crippen molar-refractivity contribution in [1.82, 2.24) is 14.9 Å². The van der Waals surface area contributed by atoms with Crippen LogP contribution in [0.25, 0.3) is 11.0 Å². The monoisotopic (exact) mass is 398 g/mol. The summed E-state index contributed by atoms with van der Waals surface area (Å²) in [6.45, 7) is 5.57. The maximum Gasteiger partial charge on any atom is 0.240 e. The topological polar surface area (TPSA) is 70.7 Å². The van der Waals surface area contributed by atoms with Crippen LogP contribution in [-0.2, 0) is 16.8 Å². The summed E-state index contributed by atoms with van der Waals surface area (Å²) in [6.07, 6.45) is 1.47. The number of halogens is 2. The summed E-state index contributed by atoms with van der Waals surface area (Å²) in [7, 11) is 0. The first-order valence-corrected chi connectivity index (χ1v) is 9.20. The number of imidazole rings is 1. The molecule has 5 nitrogen and oxygen atoms in total. The Labute approximate surface area is 167 Å². The molecule has 1 N–H and O–H groups in total. The molecule has 0 spiro atoms. The van der Waals surface area contributed by atoms with Gasteiger partial charge in [0.1, 0.15) is 17.4 Å². The van der Waals surface area contributed by atoms with E-state index in [4.69, 9.17) is 11.6 Å². The summed E-state index contributed by atoms with van der Waals surface area (Å²) in [5, 5.41) is 12.1. The number of carbonyl (C=O) groups excluding carboxylic acids is 1. The molecule has 144 valence electrons. The van der Waals surface area contributed by atoms with Crippen LogP contribution in [0.3, 0.4) is 0 Å². The van der Waals surface area contributed by atoms with Gasteiger partial charge in [-0.3, -0.25) is 4.79 Å². The molecule has 0 saturated carbocycles. The lowest BCUT2D eigenvalue weighted by atomic mass is 9.85. The molecule has 0 fully saturated rings. The van der Waals surface area contributed by atoms with Gasteiger partial charge in [-0.05, 0) is 44.0 Å². The summed E-state index contributed by atoms with van der Waals surface area (Å²) >= 11 is 6.03. The fourth-order valence-corrected chi connectivity index (χ4v) is 3.26. The number of aromatic nitrogens is 2. The number of nitriles is 1. The smallest absolute Gasteiger partial charge is 0.240 e. The molecular weight excluding hydrogens is 379 g/mol. The van der Waals surface area contributed by atoms with Crippen molar-refractivity contribution >= 4 is 28.5 Å². The van der Waals surface area contributed by atoms with Crippen LogP contribution < -0.4 is 5.32 Å². The lowest BCUT2D eigenvalue weighted by molar-refractivity contribution is -0.122. The largest absolute Gasteiger partial charge is 0.348 e. The van der Waals surface area contributed by atoms with Gasteiger partial charge in [-0.1, -0.05) is 35.9 Å². The van der Waals surface area contributed by atoms with Gasteiger partial charge < -0.3 is 9.88 Å². The Morgan fingerprint density at radius 2 is 2.00 bits per heavy atom. The van der Waals surface area contributed by atoms with Crippen LogP contribution in [0.4, 0.5) is 4.39 Å². The molecule has 28 heavy (non-hydrogen) atoms. The zero-order chi connectivity index (χ0) is 20.5.